The van der Waals surface area contributed by atoms with Gasteiger partial charge in [-0.15, -0.1) is 11.8 Å². The Morgan fingerprint density at radius 2 is 2.11 bits per heavy atom. The second-order valence-electron chi connectivity index (χ2n) is 3.46. The summed E-state index contributed by atoms with van der Waals surface area (Å²) >= 11 is 1.53. The van der Waals surface area contributed by atoms with Gasteiger partial charge in [-0.1, -0.05) is 12.1 Å². The topological polar surface area (TPSA) is 55.4 Å². The molecule has 4 nitrogen and oxygen atoms in total. The van der Waals surface area contributed by atoms with Gasteiger partial charge in [-0.25, -0.2) is 4.79 Å². The van der Waals surface area contributed by atoms with Crippen LogP contribution in [0.2, 0.25) is 0 Å². The number of esters is 1. The van der Waals surface area contributed by atoms with Crippen molar-refractivity contribution in [2.45, 2.75) is 11.8 Å². The van der Waals surface area contributed by atoms with Gasteiger partial charge in [0.25, 0.3) is 0 Å². The normalized spacial score (nSPS) is 10.4. The highest BCUT2D eigenvalue weighted by Gasteiger charge is 2.07. The molecule has 0 saturated carbocycles. The van der Waals surface area contributed by atoms with Crippen LogP contribution < -0.4 is 5.32 Å². The Morgan fingerprint density at radius 1 is 1.39 bits per heavy atom. The number of rotatable bonds is 4. The van der Waals surface area contributed by atoms with Crippen molar-refractivity contribution in [2.24, 2.45) is 0 Å². The number of benzene rings is 1. The van der Waals surface area contributed by atoms with Crippen LogP contribution in [0.25, 0.3) is 6.08 Å². The maximum atomic E-state index is 11.2. The summed E-state index contributed by atoms with van der Waals surface area (Å²) in [6, 6.07) is 5.60. The van der Waals surface area contributed by atoms with Gasteiger partial charge < -0.3 is 10.1 Å². The van der Waals surface area contributed by atoms with Crippen LogP contribution in [0, 0.1) is 0 Å². The molecular weight excluding hydrogens is 250 g/mol. The minimum Gasteiger partial charge on any atom is -0.466 e. The van der Waals surface area contributed by atoms with E-state index in [1.54, 1.807) is 6.08 Å². The molecule has 0 spiro atoms. The molecule has 0 aliphatic carbocycles. The molecular formula is C13H15NO3S. The maximum absolute atomic E-state index is 11.2. The summed E-state index contributed by atoms with van der Waals surface area (Å²) in [6.45, 7) is 1.45. The first-order chi connectivity index (χ1) is 8.58. The van der Waals surface area contributed by atoms with Gasteiger partial charge in [0.05, 0.1) is 12.8 Å². The molecule has 0 heterocycles. The van der Waals surface area contributed by atoms with E-state index >= 15 is 0 Å². The second kappa shape index (κ2) is 6.86. The van der Waals surface area contributed by atoms with Crippen molar-refractivity contribution < 1.29 is 14.3 Å². The highest BCUT2D eigenvalue weighted by molar-refractivity contribution is 7.98. The van der Waals surface area contributed by atoms with E-state index in [4.69, 9.17) is 0 Å². The number of para-hydroxylation sites is 1. The van der Waals surface area contributed by atoms with Crippen LogP contribution in [0.5, 0.6) is 0 Å². The van der Waals surface area contributed by atoms with E-state index in [1.165, 1.54) is 31.9 Å². The lowest BCUT2D eigenvalue weighted by atomic mass is 10.1. The van der Waals surface area contributed by atoms with Gasteiger partial charge in [0.2, 0.25) is 5.91 Å². The van der Waals surface area contributed by atoms with Gasteiger partial charge in [0.1, 0.15) is 0 Å². The minimum absolute atomic E-state index is 0.149. The lowest BCUT2D eigenvalue weighted by Crippen LogP contribution is -2.08. The molecule has 1 N–H and O–H groups in total. The third-order valence-electron chi connectivity index (χ3n) is 2.18. The van der Waals surface area contributed by atoms with Crippen LogP contribution in [-0.4, -0.2) is 25.2 Å². The lowest BCUT2D eigenvalue weighted by molar-refractivity contribution is -0.134. The average Bonchev–Trinajstić information content (AvgIpc) is 2.36. The number of carbonyl (C=O) groups is 2. The lowest BCUT2D eigenvalue weighted by Gasteiger charge is -2.11. The first-order valence-electron chi connectivity index (χ1n) is 5.29. The van der Waals surface area contributed by atoms with Crippen molar-refractivity contribution in [1.29, 1.82) is 0 Å². The molecule has 0 aliphatic rings. The molecule has 0 unspecified atom stereocenters. The Balaban J connectivity index is 3.13. The fourth-order valence-electron chi connectivity index (χ4n) is 1.39. The van der Waals surface area contributed by atoms with Crippen LogP contribution in [0.4, 0.5) is 5.69 Å². The Morgan fingerprint density at radius 3 is 2.67 bits per heavy atom. The van der Waals surface area contributed by atoms with Crippen molar-refractivity contribution >= 4 is 35.4 Å². The standard InChI is InChI=1S/C13H15NO3S/c1-9(15)14-13-10(7-8-12(16)17-2)5-4-6-11(13)18-3/h4-8H,1-3H3,(H,14,15)/b8-7+. The number of carbonyl (C=O) groups excluding carboxylic acids is 2. The predicted octanol–water partition coefficient (Wildman–Crippen LogP) is 2.55. The Kier molecular flexibility index (Phi) is 5.45. The van der Waals surface area contributed by atoms with E-state index in [2.05, 4.69) is 10.1 Å². The molecule has 96 valence electrons. The molecule has 0 radical (unpaired) electrons. The van der Waals surface area contributed by atoms with Crippen LogP contribution in [0.1, 0.15) is 12.5 Å². The maximum Gasteiger partial charge on any atom is 0.330 e. The summed E-state index contributed by atoms with van der Waals surface area (Å²) in [5.41, 5.74) is 1.47. The second-order valence-corrected chi connectivity index (χ2v) is 4.31. The molecule has 0 aromatic heterocycles. The molecule has 0 saturated heterocycles. The fraction of sp³-hybridized carbons (Fsp3) is 0.231. The van der Waals surface area contributed by atoms with Crippen molar-refractivity contribution in [3.63, 3.8) is 0 Å². The van der Waals surface area contributed by atoms with Gasteiger partial charge in [-0.05, 0) is 24.0 Å². The molecule has 5 heteroatoms. The first kappa shape index (κ1) is 14.3. The predicted molar refractivity (Wildman–Crippen MR) is 73.6 cm³/mol. The largest absolute Gasteiger partial charge is 0.466 e. The number of hydrogen-bond acceptors (Lipinski definition) is 4. The van der Waals surface area contributed by atoms with E-state index in [1.807, 2.05) is 24.5 Å². The van der Waals surface area contributed by atoms with Crippen molar-refractivity contribution in [2.75, 3.05) is 18.7 Å². The quantitative estimate of drug-likeness (QED) is 0.516. The molecule has 1 amide bonds. The molecule has 0 fully saturated rings. The minimum atomic E-state index is -0.432. The molecule has 1 aromatic carbocycles. The summed E-state index contributed by atoms with van der Waals surface area (Å²) in [5, 5.41) is 2.77. The molecule has 1 rings (SSSR count). The van der Waals surface area contributed by atoms with Gasteiger partial charge in [-0.3, -0.25) is 4.79 Å². The number of amides is 1. The monoisotopic (exact) mass is 265 g/mol. The van der Waals surface area contributed by atoms with Crippen molar-refractivity contribution in [1.82, 2.24) is 0 Å². The highest BCUT2D eigenvalue weighted by Crippen LogP contribution is 2.29. The van der Waals surface area contributed by atoms with Crippen molar-refractivity contribution in [3.05, 3.63) is 29.8 Å². The van der Waals surface area contributed by atoms with Crippen LogP contribution >= 0.6 is 11.8 Å². The van der Waals surface area contributed by atoms with E-state index in [9.17, 15) is 9.59 Å². The third-order valence-corrected chi connectivity index (χ3v) is 2.96. The Bertz CT molecular complexity index is 483. The van der Waals surface area contributed by atoms with Gasteiger partial charge >= 0.3 is 5.97 Å². The smallest absolute Gasteiger partial charge is 0.330 e. The zero-order valence-electron chi connectivity index (χ0n) is 10.5. The van der Waals surface area contributed by atoms with E-state index in [-0.39, 0.29) is 5.91 Å². The number of thioether (sulfide) groups is 1. The van der Waals surface area contributed by atoms with Crippen LogP contribution in [-0.2, 0) is 14.3 Å². The zero-order chi connectivity index (χ0) is 13.5. The summed E-state index contributed by atoms with van der Waals surface area (Å²) in [4.78, 5) is 23.2. The highest BCUT2D eigenvalue weighted by atomic mass is 32.2. The fourth-order valence-corrected chi connectivity index (χ4v) is 1.98. The van der Waals surface area contributed by atoms with Crippen LogP contribution in [0.15, 0.2) is 29.2 Å². The molecule has 0 bridgehead atoms. The first-order valence-corrected chi connectivity index (χ1v) is 6.51. The zero-order valence-corrected chi connectivity index (χ0v) is 11.3. The summed E-state index contributed by atoms with van der Waals surface area (Å²) in [6.07, 6.45) is 4.87. The van der Waals surface area contributed by atoms with Gasteiger partial charge in [0.15, 0.2) is 0 Å². The van der Waals surface area contributed by atoms with E-state index < -0.39 is 5.97 Å². The number of anilines is 1. The third kappa shape index (κ3) is 3.92. The molecule has 1 aromatic rings. The Hall–Kier alpha value is -1.75. The van der Waals surface area contributed by atoms with Crippen LogP contribution in [0.3, 0.4) is 0 Å². The van der Waals surface area contributed by atoms with E-state index in [0.717, 1.165) is 10.5 Å². The number of ether oxygens (including phenoxy) is 1. The number of hydrogen-bond donors (Lipinski definition) is 1. The van der Waals surface area contributed by atoms with Gasteiger partial charge in [0, 0.05) is 17.9 Å². The van der Waals surface area contributed by atoms with Crippen molar-refractivity contribution in [3.8, 4) is 0 Å². The SMILES string of the molecule is COC(=O)/C=C/c1cccc(SC)c1NC(C)=O. The summed E-state index contributed by atoms with van der Waals surface area (Å²) in [5.74, 6) is -0.581. The molecule has 18 heavy (non-hydrogen) atoms. The van der Waals surface area contributed by atoms with E-state index in [0.29, 0.717) is 5.69 Å². The number of methoxy groups -OCH3 is 1. The summed E-state index contributed by atoms with van der Waals surface area (Å²) < 4.78 is 4.53. The average molecular weight is 265 g/mol. The molecule has 0 aliphatic heterocycles. The molecule has 0 atom stereocenters. The number of nitrogens with one attached hydrogen (secondary N) is 1. The summed E-state index contributed by atoms with van der Waals surface area (Å²) in [7, 11) is 1.32. The Labute approximate surface area is 110 Å². The van der Waals surface area contributed by atoms with Gasteiger partial charge in [-0.2, -0.15) is 0 Å².